The number of para-hydroxylation sites is 1. The van der Waals surface area contributed by atoms with Crippen molar-refractivity contribution in [2.24, 2.45) is 0 Å². The van der Waals surface area contributed by atoms with Crippen molar-refractivity contribution in [3.63, 3.8) is 0 Å². The zero-order valence-electron chi connectivity index (χ0n) is 17.3. The summed E-state index contributed by atoms with van der Waals surface area (Å²) in [5, 5.41) is 13.2. The van der Waals surface area contributed by atoms with Gasteiger partial charge in [-0.05, 0) is 52.7 Å². The Kier molecular flexibility index (Phi) is 5.03. The Morgan fingerprint density at radius 1 is 1.06 bits per heavy atom. The third-order valence-electron chi connectivity index (χ3n) is 5.42. The van der Waals surface area contributed by atoms with E-state index in [1.807, 2.05) is 37.3 Å². The first-order valence-corrected chi connectivity index (χ1v) is 10.1. The van der Waals surface area contributed by atoms with Crippen LogP contribution in [0.1, 0.15) is 27.0 Å². The van der Waals surface area contributed by atoms with Crippen LogP contribution < -0.4 is 0 Å². The summed E-state index contributed by atoms with van der Waals surface area (Å²) in [6.07, 6.45) is 3.36. The number of benzene rings is 2. The maximum absolute atomic E-state index is 14.4. The molecule has 0 atom stereocenters. The first kappa shape index (κ1) is 19.7. The van der Waals surface area contributed by atoms with Crippen molar-refractivity contribution in [2.75, 3.05) is 0 Å². The number of amides is 1. The summed E-state index contributed by atoms with van der Waals surface area (Å²) in [5.74, 6) is -0.973. The summed E-state index contributed by atoms with van der Waals surface area (Å²) in [7, 11) is 0. The number of fused-ring (bicyclic) bond motifs is 3. The molecule has 2 aromatic carbocycles. The average molecular weight is 426 g/mol. The van der Waals surface area contributed by atoms with E-state index in [0.29, 0.717) is 5.65 Å². The number of rotatable bonds is 5. The van der Waals surface area contributed by atoms with Gasteiger partial charge in [0.2, 0.25) is 0 Å². The van der Waals surface area contributed by atoms with Gasteiger partial charge >= 0.3 is 0 Å². The molecule has 1 amide bonds. The molecule has 32 heavy (non-hydrogen) atoms. The van der Waals surface area contributed by atoms with Gasteiger partial charge in [-0.3, -0.25) is 9.78 Å². The lowest BCUT2D eigenvalue weighted by atomic mass is 10.1. The van der Waals surface area contributed by atoms with Gasteiger partial charge in [-0.1, -0.05) is 36.4 Å². The molecule has 3 aromatic heterocycles. The molecule has 5 rings (SSSR count). The van der Waals surface area contributed by atoms with E-state index in [0.717, 1.165) is 27.6 Å². The smallest absolute Gasteiger partial charge is 0.257 e. The second-order valence-electron chi connectivity index (χ2n) is 7.60. The molecule has 7 nitrogen and oxygen atoms in total. The number of halogens is 1. The molecule has 0 fully saturated rings. The molecular formula is C24H19FN6O. The fourth-order valence-corrected chi connectivity index (χ4v) is 3.92. The summed E-state index contributed by atoms with van der Waals surface area (Å²) in [5.41, 5.74) is 4.13. The van der Waals surface area contributed by atoms with Crippen LogP contribution in [0.25, 0.3) is 16.6 Å². The van der Waals surface area contributed by atoms with E-state index in [9.17, 15) is 9.18 Å². The van der Waals surface area contributed by atoms with Crippen LogP contribution in [0.3, 0.4) is 0 Å². The van der Waals surface area contributed by atoms with Crippen molar-refractivity contribution in [1.29, 1.82) is 0 Å². The number of carbonyl (C=O) groups excluding carboxylic acids is 1. The summed E-state index contributed by atoms with van der Waals surface area (Å²) in [6.45, 7) is 2.47. The fourth-order valence-electron chi connectivity index (χ4n) is 3.92. The second-order valence-corrected chi connectivity index (χ2v) is 7.60. The molecule has 5 aromatic rings. The topological polar surface area (TPSA) is 76.3 Å². The number of pyridine rings is 2. The van der Waals surface area contributed by atoms with Crippen LogP contribution in [0.2, 0.25) is 0 Å². The van der Waals surface area contributed by atoms with E-state index in [4.69, 9.17) is 0 Å². The van der Waals surface area contributed by atoms with Crippen LogP contribution in [0, 0.1) is 12.7 Å². The number of aryl methyl sites for hydroxylation is 1. The minimum Gasteiger partial charge on any atom is -0.330 e. The monoisotopic (exact) mass is 426 g/mol. The van der Waals surface area contributed by atoms with Crippen molar-refractivity contribution >= 4 is 22.5 Å². The Hall–Kier alpha value is -4.20. The van der Waals surface area contributed by atoms with E-state index in [1.165, 1.54) is 12.1 Å². The number of nitrogens with zero attached hydrogens (tertiary/aromatic N) is 6. The van der Waals surface area contributed by atoms with Crippen LogP contribution in [0.4, 0.5) is 4.39 Å². The Labute approximate surface area is 183 Å². The van der Waals surface area contributed by atoms with Gasteiger partial charge < -0.3 is 4.90 Å². The molecule has 0 aliphatic carbocycles. The highest BCUT2D eigenvalue weighted by Gasteiger charge is 2.22. The van der Waals surface area contributed by atoms with Crippen molar-refractivity contribution in [3.8, 4) is 0 Å². The second kappa shape index (κ2) is 8.14. The molecule has 158 valence electrons. The van der Waals surface area contributed by atoms with E-state index < -0.39 is 11.7 Å². The number of hydrogen-bond acceptors (Lipinski definition) is 5. The summed E-state index contributed by atoms with van der Waals surface area (Å²) in [4.78, 5) is 19.1. The molecule has 0 spiro atoms. The van der Waals surface area contributed by atoms with Gasteiger partial charge in [0, 0.05) is 29.9 Å². The van der Waals surface area contributed by atoms with Crippen LogP contribution in [-0.2, 0) is 13.1 Å². The predicted octanol–water partition coefficient (Wildman–Crippen LogP) is 3.96. The SMILES string of the molecule is Cc1cccc2cc(CN(Cc3cccnc3)C(=O)c3ccccc3F)c3nnnn3c12. The van der Waals surface area contributed by atoms with Gasteiger partial charge in [-0.25, -0.2) is 4.39 Å². The molecule has 0 saturated heterocycles. The van der Waals surface area contributed by atoms with Crippen LogP contribution in [0.5, 0.6) is 0 Å². The molecule has 0 N–H and O–H groups in total. The summed E-state index contributed by atoms with van der Waals surface area (Å²) >= 11 is 0. The van der Waals surface area contributed by atoms with Crippen molar-refractivity contribution in [3.05, 3.63) is 101 Å². The highest BCUT2D eigenvalue weighted by Crippen LogP contribution is 2.24. The molecule has 0 bridgehead atoms. The Bertz CT molecular complexity index is 1430. The number of hydrogen-bond donors (Lipinski definition) is 0. The number of carbonyl (C=O) groups is 1. The van der Waals surface area contributed by atoms with Crippen LogP contribution in [0.15, 0.2) is 73.1 Å². The summed E-state index contributed by atoms with van der Waals surface area (Å²) in [6, 6.07) is 17.6. The molecule has 0 unspecified atom stereocenters. The van der Waals surface area contributed by atoms with Crippen LogP contribution in [-0.4, -0.2) is 35.8 Å². The van der Waals surface area contributed by atoms with Crippen molar-refractivity contribution in [2.45, 2.75) is 20.0 Å². The zero-order valence-corrected chi connectivity index (χ0v) is 17.3. The molecule has 0 aliphatic rings. The van der Waals surface area contributed by atoms with Crippen molar-refractivity contribution < 1.29 is 9.18 Å². The quantitative estimate of drug-likeness (QED) is 0.425. The predicted molar refractivity (Wildman–Crippen MR) is 117 cm³/mol. The lowest BCUT2D eigenvalue weighted by molar-refractivity contribution is 0.0725. The Balaban J connectivity index is 1.61. The average Bonchev–Trinajstić information content (AvgIpc) is 3.29. The zero-order chi connectivity index (χ0) is 22.1. The minimum absolute atomic E-state index is 0.0173. The van der Waals surface area contributed by atoms with Gasteiger partial charge in [-0.15, -0.1) is 5.10 Å². The number of aromatic nitrogens is 5. The van der Waals surface area contributed by atoms with E-state index in [-0.39, 0.29) is 18.7 Å². The lowest BCUT2D eigenvalue weighted by Crippen LogP contribution is -2.31. The maximum Gasteiger partial charge on any atom is 0.257 e. The normalized spacial score (nSPS) is 11.2. The molecule has 3 heterocycles. The first-order chi connectivity index (χ1) is 15.6. The first-order valence-electron chi connectivity index (χ1n) is 10.1. The summed E-state index contributed by atoms with van der Waals surface area (Å²) < 4.78 is 16.1. The van der Waals surface area contributed by atoms with Crippen LogP contribution >= 0.6 is 0 Å². The standard InChI is InChI=1S/C24H19FN6O/c1-16-6-4-8-18-12-19(23-27-28-29-31(23)22(16)18)15-30(14-17-7-5-11-26-13-17)24(32)20-9-2-3-10-21(20)25/h2-13H,14-15H2,1H3. The molecule has 8 heteroatoms. The highest BCUT2D eigenvalue weighted by molar-refractivity contribution is 5.94. The molecule has 0 aliphatic heterocycles. The van der Waals surface area contributed by atoms with Crippen molar-refractivity contribution in [1.82, 2.24) is 29.9 Å². The van der Waals surface area contributed by atoms with Gasteiger partial charge in [0.05, 0.1) is 17.6 Å². The highest BCUT2D eigenvalue weighted by atomic mass is 19.1. The van der Waals surface area contributed by atoms with Gasteiger partial charge in [0.15, 0.2) is 5.65 Å². The van der Waals surface area contributed by atoms with E-state index >= 15 is 0 Å². The fraction of sp³-hybridized carbons (Fsp3) is 0.125. The van der Waals surface area contributed by atoms with Gasteiger partial charge in [0.1, 0.15) is 5.82 Å². The lowest BCUT2D eigenvalue weighted by Gasteiger charge is -2.23. The van der Waals surface area contributed by atoms with Gasteiger partial charge in [0.25, 0.3) is 5.91 Å². The largest absolute Gasteiger partial charge is 0.330 e. The van der Waals surface area contributed by atoms with E-state index in [1.54, 1.807) is 40.0 Å². The maximum atomic E-state index is 14.4. The number of tetrazole rings is 1. The molecule has 0 radical (unpaired) electrons. The van der Waals surface area contributed by atoms with Gasteiger partial charge in [-0.2, -0.15) is 4.52 Å². The molecule has 0 saturated carbocycles. The Morgan fingerprint density at radius 3 is 2.75 bits per heavy atom. The van der Waals surface area contributed by atoms with E-state index in [2.05, 4.69) is 20.5 Å². The Morgan fingerprint density at radius 2 is 1.94 bits per heavy atom. The minimum atomic E-state index is -0.558. The third kappa shape index (κ3) is 3.56. The molecular weight excluding hydrogens is 407 g/mol. The third-order valence-corrected chi connectivity index (χ3v) is 5.42.